The molecule has 2 fully saturated rings. The summed E-state index contributed by atoms with van der Waals surface area (Å²) in [5, 5.41) is 0. The van der Waals surface area contributed by atoms with Crippen LogP contribution in [0.1, 0.15) is 143 Å². The predicted molar refractivity (Wildman–Crippen MR) is 336 cm³/mol. The molecule has 12 nitrogen and oxygen atoms in total. The Balaban J connectivity index is 0.000000164. The van der Waals surface area contributed by atoms with Gasteiger partial charge >= 0.3 is 0 Å². The summed E-state index contributed by atoms with van der Waals surface area (Å²) in [7, 11) is -1.10. The molecule has 0 spiro atoms. The third-order valence-corrected chi connectivity index (χ3v) is 27.2. The average Bonchev–Trinajstić information content (AvgIpc) is 3.99. The molecule has 7 aliphatic heterocycles. The van der Waals surface area contributed by atoms with Crippen LogP contribution in [0.15, 0.2) is 34.9 Å². The summed E-state index contributed by atoms with van der Waals surface area (Å²) in [5.74, 6) is 8.51. The number of hydrogen-bond donors (Lipinski definition) is 0. The Bertz CT molecular complexity index is 2580. The standard InChI is InChI=1S/C19H37N4P2.C19H35N4P2.C19H33N4P2/c3*1-12-13(2)21-15(4)17(6)23(25(9)10)19(21)11-18-20(12)14(3)16(5)22(18)24(7)8/h11-17H,1-10H3;11-14,16H,1-10H3;11-13H,1-10H3/q3*+1. The number of hydrogen-bond acceptors (Lipinski definition) is 7. The van der Waals surface area contributed by atoms with Crippen LogP contribution in [0.25, 0.3) is 12.2 Å². The van der Waals surface area contributed by atoms with Crippen LogP contribution in [-0.2, 0) is 0 Å². The number of nitrogens with zero attached hydrogens (tertiary/aromatic N) is 12. The summed E-state index contributed by atoms with van der Waals surface area (Å²) >= 11 is 0. The predicted octanol–water partition coefficient (Wildman–Crippen LogP) is 12.7. The zero-order valence-corrected chi connectivity index (χ0v) is 58.1. The van der Waals surface area contributed by atoms with Crippen LogP contribution >= 0.6 is 48.4 Å². The second-order valence-electron chi connectivity index (χ2n) is 24.4. The van der Waals surface area contributed by atoms with Crippen molar-refractivity contribution in [1.29, 1.82) is 0 Å². The molecule has 7 aliphatic rings. The molecule has 420 valence electrons. The van der Waals surface area contributed by atoms with Gasteiger partial charge in [0.15, 0.2) is 0 Å². The van der Waals surface area contributed by atoms with E-state index in [1.807, 2.05) is 0 Å². The fraction of sp³-hybridized carbons (Fsp3) is 0.737. The Morgan fingerprint density at radius 1 is 0.360 bits per heavy atom. The van der Waals surface area contributed by atoms with Crippen LogP contribution in [0.2, 0.25) is 0 Å². The van der Waals surface area contributed by atoms with Crippen LogP contribution < -0.4 is 9.13 Å². The minimum atomic E-state index is -0.219. The van der Waals surface area contributed by atoms with Crippen LogP contribution in [0, 0.1) is 27.7 Å². The van der Waals surface area contributed by atoms with Gasteiger partial charge in [0.2, 0.25) is 0 Å². The van der Waals surface area contributed by atoms with Crippen molar-refractivity contribution >= 4 is 66.4 Å². The van der Waals surface area contributed by atoms with Gasteiger partial charge in [0.05, 0.1) is 72.7 Å². The highest BCUT2D eigenvalue weighted by atomic mass is 31.1. The maximum Gasteiger partial charge on any atom is 0.288 e. The number of amidine groups is 1. The molecule has 0 aromatic carbocycles. The molecule has 12 unspecified atom stereocenters. The van der Waals surface area contributed by atoms with Crippen molar-refractivity contribution in [2.45, 2.75) is 197 Å². The largest absolute Gasteiger partial charge is 0.346 e. The Morgan fingerprint density at radius 2 is 0.733 bits per heavy atom. The van der Waals surface area contributed by atoms with Gasteiger partial charge < -0.3 is 28.7 Å². The lowest BCUT2D eigenvalue weighted by Crippen LogP contribution is -2.51. The minimum Gasteiger partial charge on any atom is -0.346 e. The van der Waals surface area contributed by atoms with E-state index in [4.69, 9.17) is 0 Å². The van der Waals surface area contributed by atoms with Crippen molar-refractivity contribution < 1.29 is 13.7 Å². The van der Waals surface area contributed by atoms with E-state index in [1.165, 1.54) is 69.1 Å². The Labute approximate surface area is 466 Å². The molecule has 0 radical (unpaired) electrons. The van der Waals surface area contributed by atoms with E-state index in [-0.39, 0.29) is 48.4 Å². The van der Waals surface area contributed by atoms with Crippen LogP contribution in [0.4, 0.5) is 0 Å². The fourth-order valence-corrected chi connectivity index (χ4v) is 22.6. The van der Waals surface area contributed by atoms with E-state index in [0.29, 0.717) is 72.5 Å². The van der Waals surface area contributed by atoms with Crippen molar-refractivity contribution in [2.24, 2.45) is 0 Å². The summed E-state index contributed by atoms with van der Waals surface area (Å²) in [6.45, 7) is 71.1. The molecular formula is C57H105N12P6+3. The first kappa shape index (κ1) is 60.9. The van der Waals surface area contributed by atoms with Crippen molar-refractivity contribution in [3.8, 4) is 0 Å². The van der Waals surface area contributed by atoms with Crippen LogP contribution in [0.5, 0.6) is 0 Å². The zero-order valence-electron chi connectivity index (χ0n) is 52.7. The van der Waals surface area contributed by atoms with E-state index >= 15 is 0 Å². The maximum atomic E-state index is 2.71. The first-order chi connectivity index (χ1) is 34.8. The smallest absolute Gasteiger partial charge is 0.288 e. The second-order valence-corrected chi connectivity index (χ2v) is 37.0. The Kier molecular flexibility index (Phi) is 18.4. The van der Waals surface area contributed by atoms with Gasteiger partial charge in [-0.25, -0.2) is 22.5 Å². The molecule has 18 heteroatoms. The molecule has 0 aliphatic carbocycles. The molecule has 9 heterocycles. The van der Waals surface area contributed by atoms with Gasteiger partial charge in [0.25, 0.3) is 17.5 Å². The molecule has 9 rings (SSSR count). The molecule has 0 saturated carbocycles. The van der Waals surface area contributed by atoms with E-state index in [9.17, 15) is 0 Å². The number of fused-ring (bicyclic) bond motifs is 5. The maximum absolute atomic E-state index is 2.71. The normalized spacial score (nSPS) is 30.4. The van der Waals surface area contributed by atoms with Gasteiger partial charge in [0, 0.05) is 51.2 Å². The third kappa shape index (κ3) is 9.84. The number of allylic oxidation sites excluding steroid dienone is 2. The van der Waals surface area contributed by atoms with E-state index in [2.05, 4.69) is 279 Å². The van der Waals surface area contributed by atoms with E-state index < -0.39 is 0 Å². The third-order valence-electron chi connectivity index (χ3n) is 19.0. The van der Waals surface area contributed by atoms with Crippen molar-refractivity contribution in [3.63, 3.8) is 0 Å². The van der Waals surface area contributed by atoms with Gasteiger partial charge in [-0.1, -0.05) is 0 Å². The average molecular weight is 1140 g/mol. The molecule has 2 aromatic rings. The molecule has 0 N–H and O–H groups in total. The first-order valence-electron chi connectivity index (χ1n) is 28.1. The minimum absolute atomic E-state index is 0.148. The highest BCUT2D eigenvalue weighted by Crippen LogP contribution is 2.53. The summed E-state index contributed by atoms with van der Waals surface area (Å²) in [5.41, 5.74) is 8.49. The summed E-state index contributed by atoms with van der Waals surface area (Å²) < 4.78 is 23.7. The van der Waals surface area contributed by atoms with Gasteiger partial charge in [-0.3, -0.25) is 4.58 Å². The quantitative estimate of drug-likeness (QED) is 0.211. The summed E-state index contributed by atoms with van der Waals surface area (Å²) in [6.07, 6.45) is 7.47. The molecule has 12 atom stereocenters. The SMILES string of the molecule is CC1=C(C)N(P(C)C)C2=Cc3n(P(C)C)c(C)c(C)[n+]3C(C)C(C)N21.CC1C(C)N(P(C)C)C2=CC3=[N+](C(C)C(C)N21)C(C)C(C)N3P(C)C.Cc1c(C)[n+]2c(n1P(C)C)C=C1N(C(C)C(C)N1P(C)C)C(C)C2C. The van der Waals surface area contributed by atoms with Gasteiger partial charge in [-0.05, 0) is 201 Å². The molecule has 0 amide bonds. The summed E-state index contributed by atoms with van der Waals surface area (Å²) in [4.78, 5) is 7.98. The topological polar surface area (TPSA) is 43.3 Å². The highest BCUT2D eigenvalue weighted by molar-refractivity contribution is 7.55. The number of aromatic nitrogens is 4. The number of rotatable bonds is 6. The number of imidazole rings is 2. The fourth-order valence-electron chi connectivity index (χ4n) is 14.2. The highest BCUT2D eigenvalue weighted by Gasteiger charge is 2.53. The lowest BCUT2D eigenvalue weighted by atomic mass is 10.0. The molecular weight excluding hydrogens is 1040 g/mol. The van der Waals surface area contributed by atoms with E-state index in [0.717, 1.165) is 0 Å². The van der Waals surface area contributed by atoms with Crippen molar-refractivity contribution in [1.82, 2.24) is 42.1 Å². The zero-order chi connectivity index (χ0) is 56.4. The lowest BCUT2D eigenvalue weighted by Gasteiger charge is -2.35. The van der Waals surface area contributed by atoms with Gasteiger partial charge in [0.1, 0.15) is 70.4 Å². The first-order valence-corrected chi connectivity index (χ1v) is 41.2. The summed E-state index contributed by atoms with van der Waals surface area (Å²) in [6, 6.07) is 6.31. The Hall–Kier alpha value is -1.77. The van der Waals surface area contributed by atoms with Crippen LogP contribution in [0.3, 0.4) is 0 Å². The Morgan fingerprint density at radius 3 is 1.13 bits per heavy atom. The van der Waals surface area contributed by atoms with Crippen LogP contribution in [-0.4, -0.2) is 193 Å². The van der Waals surface area contributed by atoms with Crippen molar-refractivity contribution in [3.05, 3.63) is 69.4 Å². The molecule has 75 heavy (non-hydrogen) atoms. The van der Waals surface area contributed by atoms with E-state index in [1.54, 1.807) is 0 Å². The molecule has 2 aromatic heterocycles. The van der Waals surface area contributed by atoms with Gasteiger partial charge in [-0.15, -0.1) is 0 Å². The molecule has 0 bridgehead atoms. The monoisotopic (exact) mass is 1140 g/mol. The lowest BCUT2D eigenvalue weighted by molar-refractivity contribution is -0.729. The second kappa shape index (κ2) is 22.6. The molecule has 2 saturated heterocycles. The van der Waals surface area contributed by atoms with Crippen molar-refractivity contribution in [2.75, 3.05) is 80.0 Å². The van der Waals surface area contributed by atoms with Gasteiger partial charge in [-0.2, -0.15) is 0 Å².